The van der Waals surface area contributed by atoms with Gasteiger partial charge in [-0.3, -0.25) is 4.79 Å². The van der Waals surface area contributed by atoms with Crippen molar-refractivity contribution >= 4 is 38.5 Å². The van der Waals surface area contributed by atoms with Crippen LogP contribution in [0, 0.1) is 11.3 Å². The number of anilines is 1. The van der Waals surface area contributed by atoms with Gasteiger partial charge in [0.25, 0.3) is 0 Å². The predicted octanol–water partition coefficient (Wildman–Crippen LogP) is 3.36. The van der Waals surface area contributed by atoms with Crippen LogP contribution in [0.15, 0.2) is 35.1 Å². The second kappa shape index (κ2) is 11.2. The van der Waals surface area contributed by atoms with Gasteiger partial charge in [0.15, 0.2) is 5.43 Å². The third-order valence-electron chi connectivity index (χ3n) is 8.02. The van der Waals surface area contributed by atoms with Crippen LogP contribution in [0.4, 0.5) is 5.69 Å². The number of piperazine rings is 2. The van der Waals surface area contributed by atoms with E-state index in [1.54, 1.807) is 6.07 Å². The molecule has 4 aromatic rings. The molecule has 2 aliphatic heterocycles. The molecule has 0 radical (unpaired) electrons. The first-order valence-corrected chi connectivity index (χ1v) is 13.8. The van der Waals surface area contributed by atoms with Crippen molar-refractivity contribution in [3.63, 3.8) is 0 Å². The third kappa shape index (κ3) is 4.90. The molecule has 0 aliphatic carbocycles. The average Bonchev–Trinajstić information content (AvgIpc) is 3.32. The number of nitrogens with zero attached hydrogens (tertiary/aromatic N) is 5. The monoisotopic (exact) mass is 513 g/mol. The molecule has 8 nitrogen and oxygen atoms in total. The summed E-state index contributed by atoms with van der Waals surface area (Å²) in [7, 11) is 4.32. The lowest BCUT2D eigenvalue weighted by Gasteiger charge is -2.35. The zero-order valence-electron chi connectivity index (χ0n) is 23.1. The fraction of sp³-hybridized carbons (Fsp3) is 0.467. The van der Waals surface area contributed by atoms with Crippen LogP contribution in [0.2, 0.25) is 0 Å². The first kappa shape index (κ1) is 26.2. The number of pyridine rings is 1. The maximum atomic E-state index is 13.7. The summed E-state index contributed by atoms with van der Waals surface area (Å²) in [5, 5.41) is 14.9. The van der Waals surface area contributed by atoms with Crippen molar-refractivity contribution in [2.75, 3.05) is 71.4 Å². The molecule has 38 heavy (non-hydrogen) atoms. The normalized spacial score (nSPS) is 17.1. The van der Waals surface area contributed by atoms with E-state index in [4.69, 9.17) is 0 Å². The molecule has 2 N–H and O–H groups in total. The fourth-order valence-corrected chi connectivity index (χ4v) is 5.70. The molecule has 4 heterocycles. The molecule has 0 saturated carbocycles. The fourth-order valence-electron chi connectivity index (χ4n) is 5.70. The highest BCUT2D eigenvalue weighted by Gasteiger charge is 2.21. The van der Waals surface area contributed by atoms with Crippen LogP contribution < -0.4 is 15.6 Å². The Morgan fingerprint density at radius 2 is 1.63 bits per heavy atom. The number of aromatic amines is 1. The van der Waals surface area contributed by atoms with E-state index in [2.05, 4.69) is 75.7 Å². The minimum absolute atomic E-state index is 0.0604. The lowest BCUT2D eigenvalue weighted by molar-refractivity contribution is 0.291. The number of fused-ring (bicyclic) bond motifs is 4. The summed E-state index contributed by atoms with van der Waals surface area (Å²) in [5.41, 5.74) is 5.75. The van der Waals surface area contributed by atoms with Crippen molar-refractivity contribution in [2.45, 2.75) is 26.8 Å². The van der Waals surface area contributed by atoms with E-state index < -0.39 is 0 Å². The minimum Gasteiger partial charge on any atom is -0.369 e. The van der Waals surface area contributed by atoms with Gasteiger partial charge in [0, 0.05) is 80.9 Å². The van der Waals surface area contributed by atoms with Gasteiger partial charge in [-0.1, -0.05) is 13.0 Å². The maximum Gasteiger partial charge on any atom is 0.199 e. The highest BCUT2D eigenvalue weighted by molar-refractivity contribution is 6.10. The number of likely N-dealkylation sites (N-methyl/N-ethyl adjacent to an activating group) is 2. The van der Waals surface area contributed by atoms with Crippen molar-refractivity contribution < 1.29 is 0 Å². The van der Waals surface area contributed by atoms with Gasteiger partial charge >= 0.3 is 0 Å². The van der Waals surface area contributed by atoms with Crippen molar-refractivity contribution in [2.24, 2.45) is 0 Å². The number of aromatic nitrogens is 2. The molecule has 2 aliphatic rings. The number of hydrogen-bond donors (Lipinski definition) is 2. The Hall–Kier alpha value is -3.38. The summed E-state index contributed by atoms with van der Waals surface area (Å²) >= 11 is 0. The molecule has 2 fully saturated rings. The highest BCUT2D eigenvalue weighted by Crippen LogP contribution is 2.32. The van der Waals surface area contributed by atoms with Gasteiger partial charge in [0.1, 0.15) is 5.65 Å². The summed E-state index contributed by atoms with van der Waals surface area (Å²) in [6.45, 7) is 13.8. The summed E-state index contributed by atoms with van der Waals surface area (Å²) in [5.74, 6) is 0. The molecule has 8 heteroatoms. The van der Waals surface area contributed by atoms with Gasteiger partial charge in [-0.2, -0.15) is 5.26 Å². The molecule has 0 spiro atoms. The molecule has 2 aromatic heterocycles. The van der Waals surface area contributed by atoms with E-state index in [1.165, 1.54) is 24.3 Å². The van der Waals surface area contributed by atoms with E-state index in [0.29, 0.717) is 10.9 Å². The van der Waals surface area contributed by atoms with Crippen LogP contribution in [0.3, 0.4) is 0 Å². The summed E-state index contributed by atoms with van der Waals surface area (Å²) in [6.07, 6.45) is 0.890. The zero-order valence-corrected chi connectivity index (χ0v) is 23.1. The Labute approximate surface area is 224 Å². The van der Waals surface area contributed by atoms with Gasteiger partial charge in [0.2, 0.25) is 0 Å². The van der Waals surface area contributed by atoms with Crippen LogP contribution >= 0.6 is 0 Å². The smallest absolute Gasteiger partial charge is 0.199 e. The molecule has 0 unspecified atom stereocenters. The van der Waals surface area contributed by atoms with Crippen LogP contribution in [0.1, 0.15) is 25.0 Å². The Bertz CT molecular complexity index is 1550. The first-order chi connectivity index (χ1) is 18.4. The van der Waals surface area contributed by atoms with Crippen LogP contribution in [-0.4, -0.2) is 85.8 Å². The van der Waals surface area contributed by atoms with Gasteiger partial charge in [-0.25, -0.2) is 0 Å². The predicted molar refractivity (Wildman–Crippen MR) is 157 cm³/mol. The molecular weight excluding hydrogens is 474 g/mol. The number of benzene rings is 2. The molecule has 0 bridgehead atoms. The number of rotatable bonds is 3. The molecule has 2 aromatic carbocycles. The summed E-state index contributed by atoms with van der Waals surface area (Å²) < 4.78 is 2.21. The number of hydrogen-bond acceptors (Lipinski definition) is 6. The molecule has 0 amide bonds. The van der Waals surface area contributed by atoms with Gasteiger partial charge < -0.3 is 29.6 Å². The quantitative estimate of drug-likeness (QED) is 0.437. The Kier molecular flexibility index (Phi) is 7.70. The van der Waals surface area contributed by atoms with Gasteiger partial charge in [-0.05, 0) is 57.3 Å². The van der Waals surface area contributed by atoms with Crippen LogP contribution in [0.25, 0.3) is 32.8 Å². The average molecular weight is 514 g/mol. The van der Waals surface area contributed by atoms with Crippen LogP contribution in [-0.2, 0) is 13.0 Å². The van der Waals surface area contributed by atoms with Gasteiger partial charge in [-0.15, -0.1) is 0 Å². The lowest BCUT2D eigenvalue weighted by Crippen LogP contribution is -2.44. The molecule has 6 rings (SSSR count). The van der Waals surface area contributed by atoms with E-state index in [1.807, 2.05) is 12.1 Å². The lowest BCUT2D eigenvalue weighted by atomic mass is 10.0. The SMILES string of the molecule is CCc1cc2c(=O)c3c4ccc(C#N)cc4[nH]c3n(CC)c2cc1N1CCN(C)CC1.CN1CCNCC1. The number of nitrogens with one attached hydrogen (secondary N) is 2. The van der Waals surface area contributed by atoms with Gasteiger partial charge in [0.05, 0.1) is 22.5 Å². The number of nitriles is 1. The first-order valence-electron chi connectivity index (χ1n) is 13.8. The minimum atomic E-state index is 0.0604. The van der Waals surface area contributed by atoms with Crippen LogP contribution in [0.5, 0.6) is 0 Å². The topological polar surface area (TPSA) is 83.3 Å². The molecule has 200 valence electrons. The second-order valence-electron chi connectivity index (χ2n) is 10.5. The van der Waals surface area contributed by atoms with E-state index in [-0.39, 0.29) is 5.43 Å². The van der Waals surface area contributed by atoms with E-state index >= 15 is 0 Å². The van der Waals surface area contributed by atoms with Crippen molar-refractivity contribution in [1.82, 2.24) is 24.7 Å². The summed E-state index contributed by atoms with van der Waals surface area (Å²) in [4.78, 5) is 24.2. The number of aryl methyl sites for hydroxylation is 2. The van der Waals surface area contributed by atoms with E-state index in [9.17, 15) is 10.1 Å². The largest absolute Gasteiger partial charge is 0.369 e. The third-order valence-corrected chi connectivity index (χ3v) is 8.02. The molecule has 0 atom stereocenters. The van der Waals surface area contributed by atoms with Crippen molar-refractivity contribution in [3.8, 4) is 6.07 Å². The Morgan fingerprint density at radius 3 is 2.24 bits per heavy atom. The zero-order chi connectivity index (χ0) is 26.8. The molecule has 2 saturated heterocycles. The molecular formula is C30H39N7O. The highest BCUT2D eigenvalue weighted by atomic mass is 16.1. The Morgan fingerprint density at radius 1 is 0.921 bits per heavy atom. The maximum absolute atomic E-state index is 13.7. The van der Waals surface area contributed by atoms with E-state index in [0.717, 1.165) is 79.7 Å². The standard InChI is InChI=1S/C25H27N5O.C5H12N2/c1-4-17-13-19-22(14-21(17)29-10-8-28(3)9-11-29)30(5-2)25-23(24(19)31)18-7-6-16(15-26)12-20(18)27-25;1-7-4-2-6-3-5-7/h6-7,12-14,27H,4-5,8-11H2,1-3H3;6H,2-5H2,1H3. The summed E-state index contributed by atoms with van der Waals surface area (Å²) in [6, 6.07) is 12.0. The van der Waals surface area contributed by atoms with Crippen molar-refractivity contribution in [3.05, 3.63) is 51.7 Å². The number of H-pyrrole nitrogens is 1. The van der Waals surface area contributed by atoms with Crippen molar-refractivity contribution in [1.29, 1.82) is 5.26 Å². The Balaban J connectivity index is 0.000000366. The second-order valence-corrected chi connectivity index (χ2v) is 10.5.